The molecule has 2 saturated heterocycles. The molecule has 2 aromatic carbocycles. The first kappa shape index (κ1) is 17.8. The summed E-state index contributed by atoms with van der Waals surface area (Å²) < 4.78 is 18.9. The predicted octanol–water partition coefficient (Wildman–Crippen LogP) is 3.51. The summed E-state index contributed by atoms with van der Waals surface area (Å²) in [6.45, 7) is 4.98. The lowest BCUT2D eigenvalue weighted by molar-refractivity contribution is 0.102. The number of nitrogens with one attached hydrogen (secondary N) is 1. The van der Waals surface area contributed by atoms with E-state index in [4.69, 9.17) is 4.74 Å². The summed E-state index contributed by atoms with van der Waals surface area (Å²) in [5, 5.41) is 3.00. The van der Waals surface area contributed by atoms with Crippen LogP contribution in [0.25, 0.3) is 0 Å². The number of amides is 1. The molecule has 1 amide bonds. The molecular weight excluding hydrogens is 345 g/mol. The molecule has 0 atom stereocenters. The number of halogens is 1. The maximum atomic E-state index is 13.5. The highest BCUT2D eigenvalue weighted by Gasteiger charge is 2.20. The molecule has 2 fully saturated rings. The average molecular weight is 369 g/mol. The van der Waals surface area contributed by atoms with Gasteiger partial charge in [-0.1, -0.05) is 6.07 Å². The van der Waals surface area contributed by atoms with E-state index in [1.807, 2.05) is 6.07 Å². The third kappa shape index (κ3) is 4.06. The Morgan fingerprint density at radius 3 is 2.48 bits per heavy atom. The summed E-state index contributed by atoms with van der Waals surface area (Å²) in [5.74, 6) is -0.718. The highest BCUT2D eigenvalue weighted by molar-refractivity contribution is 6.06. The first-order chi connectivity index (χ1) is 13.2. The first-order valence-corrected chi connectivity index (χ1v) is 9.49. The van der Waals surface area contributed by atoms with Crippen molar-refractivity contribution in [2.75, 3.05) is 54.5 Å². The van der Waals surface area contributed by atoms with Crippen molar-refractivity contribution in [3.05, 3.63) is 53.8 Å². The Morgan fingerprint density at radius 2 is 1.74 bits per heavy atom. The fourth-order valence-corrected chi connectivity index (χ4v) is 3.70. The molecule has 0 aromatic heterocycles. The van der Waals surface area contributed by atoms with E-state index in [1.54, 1.807) is 12.1 Å². The number of hydrogen-bond donors (Lipinski definition) is 1. The molecular formula is C21H24FN3O2. The minimum atomic E-state index is -0.415. The molecule has 27 heavy (non-hydrogen) atoms. The second kappa shape index (κ2) is 7.96. The van der Waals surface area contributed by atoms with E-state index in [9.17, 15) is 9.18 Å². The van der Waals surface area contributed by atoms with E-state index >= 15 is 0 Å². The number of nitrogens with zero attached hydrogens (tertiary/aromatic N) is 2. The van der Waals surface area contributed by atoms with Crippen LogP contribution in [0.1, 0.15) is 23.2 Å². The van der Waals surface area contributed by atoms with Gasteiger partial charge in [-0.2, -0.15) is 0 Å². The van der Waals surface area contributed by atoms with Gasteiger partial charge in [-0.3, -0.25) is 4.79 Å². The van der Waals surface area contributed by atoms with Gasteiger partial charge in [0.25, 0.3) is 5.91 Å². The van der Waals surface area contributed by atoms with Gasteiger partial charge in [0.1, 0.15) is 5.82 Å². The van der Waals surface area contributed by atoms with Gasteiger partial charge in [-0.05, 0) is 49.2 Å². The Labute approximate surface area is 158 Å². The molecule has 4 rings (SSSR count). The number of carbonyl (C=O) groups excluding carboxylic acids is 1. The van der Waals surface area contributed by atoms with Gasteiger partial charge in [0.15, 0.2) is 0 Å². The summed E-state index contributed by atoms with van der Waals surface area (Å²) in [6.07, 6.45) is 2.38. The van der Waals surface area contributed by atoms with E-state index in [1.165, 1.54) is 25.0 Å². The van der Waals surface area contributed by atoms with Crippen LogP contribution in [0.3, 0.4) is 0 Å². The standard InChI is InChI=1S/C21H24FN3O2/c22-17-5-3-4-16(14-17)21(26)23-19-15-18(24-8-1-2-9-24)6-7-20(19)25-10-12-27-13-11-25/h3-7,14-15H,1-2,8-13H2,(H,23,26). The van der Waals surface area contributed by atoms with E-state index in [2.05, 4.69) is 27.2 Å². The van der Waals surface area contributed by atoms with Crippen molar-refractivity contribution in [3.63, 3.8) is 0 Å². The van der Waals surface area contributed by atoms with Crippen LogP contribution in [-0.4, -0.2) is 45.3 Å². The number of rotatable bonds is 4. The van der Waals surface area contributed by atoms with Crippen LogP contribution in [0, 0.1) is 5.82 Å². The van der Waals surface area contributed by atoms with Gasteiger partial charge in [0, 0.05) is 37.4 Å². The molecule has 0 bridgehead atoms. The van der Waals surface area contributed by atoms with Gasteiger partial charge in [0.05, 0.1) is 24.6 Å². The maximum absolute atomic E-state index is 13.5. The molecule has 5 nitrogen and oxygen atoms in total. The summed E-state index contributed by atoms with van der Waals surface area (Å²) in [4.78, 5) is 17.3. The van der Waals surface area contributed by atoms with E-state index in [0.29, 0.717) is 18.8 Å². The van der Waals surface area contributed by atoms with Crippen LogP contribution < -0.4 is 15.1 Å². The van der Waals surface area contributed by atoms with Crippen LogP contribution in [0.15, 0.2) is 42.5 Å². The zero-order chi connectivity index (χ0) is 18.6. The van der Waals surface area contributed by atoms with Crippen LogP contribution in [0.4, 0.5) is 21.5 Å². The predicted molar refractivity (Wildman–Crippen MR) is 105 cm³/mol. The molecule has 0 saturated carbocycles. The lowest BCUT2D eigenvalue weighted by Crippen LogP contribution is -2.36. The number of hydrogen-bond acceptors (Lipinski definition) is 4. The van der Waals surface area contributed by atoms with Crippen molar-refractivity contribution < 1.29 is 13.9 Å². The van der Waals surface area contributed by atoms with Crippen molar-refractivity contribution in [1.82, 2.24) is 0 Å². The van der Waals surface area contributed by atoms with E-state index < -0.39 is 5.82 Å². The Kier molecular flexibility index (Phi) is 5.25. The van der Waals surface area contributed by atoms with Crippen molar-refractivity contribution in [3.8, 4) is 0 Å². The number of morpholine rings is 1. The molecule has 0 aliphatic carbocycles. The molecule has 0 spiro atoms. The summed E-state index contributed by atoms with van der Waals surface area (Å²) in [6, 6.07) is 12.0. The molecule has 0 unspecified atom stereocenters. The maximum Gasteiger partial charge on any atom is 0.255 e. The zero-order valence-electron chi connectivity index (χ0n) is 15.3. The van der Waals surface area contributed by atoms with Crippen LogP contribution in [0.2, 0.25) is 0 Å². The Balaban J connectivity index is 1.64. The first-order valence-electron chi connectivity index (χ1n) is 9.49. The highest BCUT2D eigenvalue weighted by atomic mass is 19.1. The minimum absolute atomic E-state index is 0.303. The van der Waals surface area contributed by atoms with Crippen molar-refractivity contribution in [2.45, 2.75) is 12.8 Å². The van der Waals surface area contributed by atoms with Gasteiger partial charge in [-0.25, -0.2) is 4.39 Å². The zero-order valence-corrected chi connectivity index (χ0v) is 15.3. The third-order valence-corrected chi connectivity index (χ3v) is 5.14. The summed E-state index contributed by atoms with van der Waals surface area (Å²) in [5.41, 5.74) is 3.16. The van der Waals surface area contributed by atoms with Crippen LogP contribution >= 0.6 is 0 Å². The molecule has 1 N–H and O–H groups in total. The van der Waals surface area contributed by atoms with Gasteiger partial charge >= 0.3 is 0 Å². The van der Waals surface area contributed by atoms with E-state index in [0.717, 1.165) is 43.2 Å². The number of carbonyl (C=O) groups is 1. The topological polar surface area (TPSA) is 44.8 Å². The second-order valence-electron chi connectivity index (χ2n) is 6.96. The van der Waals surface area contributed by atoms with Crippen molar-refractivity contribution in [1.29, 1.82) is 0 Å². The number of anilines is 3. The van der Waals surface area contributed by atoms with Crippen molar-refractivity contribution >= 4 is 23.0 Å². The summed E-state index contributed by atoms with van der Waals surface area (Å²) in [7, 11) is 0. The van der Waals surface area contributed by atoms with Gasteiger partial charge in [0.2, 0.25) is 0 Å². The summed E-state index contributed by atoms with van der Waals surface area (Å²) >= 11 is 0. The normalized spacial score (nSPS) is 17.2. The monoisotopic (exact) mass is 369 g/mol. The fraction of sp³-hybridized carbons (Fsp3) is 0.381. The molecule has 2 heterocycles. The van der Waals surface area contributed by atoms with Gasteiger partial charge < -0.3 is 19.9 Å². The molecule has 142 valence electrons. The smallest absolute Gasteiger partial charge is 0.255 e. The SMILES string of the molecule is O=C(Nc1cc(N2CCCC2)ccc1N1CCOCC1)c1cccc(F)c1. The highest BCUT2D eigenvalue weighted by Crippen LogP contribution is 2.33. The van der Waals surface area contributed by atoms with E-state index in [-0.39, 0.29) is 5.91 Å². The Hall–Kier alpha value is -2.60. The van der Waals surface area contributed by atoms with Crippen LogP contribution in [0.5, 0.6) is 0 Å². The van der Waals surface area contributed by atoms with Crippen molar-refractivity contribution in [2.24, 2.45) is 0 Å². The average Bonchev–Trinajstić information content (AvgIpc) is 3.23. The second-order valence-corrected chi connectivity index (χ2v) is 6.96. The number of ether oxygens (including phenoxy) is 1. The lowest BCUT2D eigenvalue weighted by atomic mass is 10.1. The Bertz CT molecular complexity index is 815. The van der Waals surface area contributed by atoms with Crippen LogP contribution in [-0.2, 0) is 4.74 Å². The fourth-order valence-electron chi connectivity index (χ4n) is 3.70. The molecule has 2 aromatic rings. The molecule has 2 aliphatic rings. The number of benzene rings is 2. The quantitative estimate of drug-likeness (QED) is 0.896. The molecule has 2 aliphatic heterocycles. The molecule has 0 radical (unpaired) electrons. The third-order valence-electron chi connectivity index (χ3n) is 5.14. The largest absolute Gasteiger partial charge is 0.378 e. The van der Waals surface area contributed by atoms with Gasteiger partial charge in [-0.15, -0.1) is 0 Å². The minimum Gasteiger partial charge on any atom is -0.378 e. The lowest BCUT2D eigenvalue weighted by Gasteiger charge is -2.31. The Morgan fingerprint density at radius 1 is 0.963 bits per heavy atom. The molecule has 6 heteroatoms.